The van der Waals surface area contributed by atoms with E-state index in [1.54, 1.807) is 0 Å². The minimum atomic E-state index is 0.819. The fraction of sp³-hybridized carbons (Fsp3) is 0.417. The van der Waals surface area contributed by atoms with Crippen LogP contribution >= 0.6 is 0 Å². The maximum absolute atomic E-state index is 8.80. The predicted octanol–water partition coefficient (Wildman–Crippen LogP) is 2.65. The van der Waals surface area contributed by atoms with E-state index in [0.29, 0.717) is 0 Å². The Morgan fingerprint density at radius 1 is 0.929 bits per heavy atom. The highest BCUT2D eigenvalue weighted by atomic mass is 16.4. The molecule has 1 aromatic rings. The van der Waals surface area contributed by atoms with Crippen molar-refractivity contribution in [2.75, 3.05) is 0 Å². The molecule has 14 heavy (non-hydrogen) atoms. The summed E-state index contributed by atoms with van der Waals surface area (Å²) in [6.45, 7) is 8.54. The van der Waals surface area contributed by atoms with Crippen LogP contribution in [0.5, 0.6) is 0 Å². The van der Waals surface area contributed by atoms with Crippen LogP contribution in [0, 0.1) is 27.7 Å². The first kappa shape index (κ1) is 9.25. The molecule has 1 aliphatic rings. The van der Waals surface area contributed by atoms with E-state index in [0.717, 1.165) is 12.1 Å². The summed E-state index contributed by atoms with van der Waals surface area (Å²) in [5, 5.41) is 12.1. The van der Waals surface area contributed by atoms with Crippen LogP contribution in [0.4, 0.5) is 0 Å². The molecule has 0 aromatic heterocycles. The first-order valence-electron chi connectivity index (χ1n) is 4.88. The lowest BCUT2D eigenvalue weighted by atomic mass is 9.76. The van der Waals surface area contributed by atoms with Gasteiger partial charge in [0.25, 0.3) is 0 Å². The van der Waals surface area contributed by atoms with Gasteiger partial charge in [-0.3, -0.25) is 0 Å². The Bertz CT molecular complexity index is 421. The van der Waals surface area contributed by atoms with Gasteiger partial charge in [0.1, 0.15) is 0 Å². The van der Waals surface area contributed by atoms with Crippen molar-refractivity contribution in [1.82, 2.24) is 0 Å². The highest BCUT2D eigenvalue weighted by molar-refractivity contribution is 6.12. The minimum absolute atomic E-state index is 0.819. The van der Waals surface area contributed by atoms with Crippen molar-refractivity contribution in [3.63, 3.8) is 0 Å². The van der Waals surface area contributed by atoms with Crippen molar-refractivity contribution in [3.05, 3.63) is 33.4 Å². The third-order valence-electron chi connectivity index (χ3n) is 3.57. The minimum Gasteiger partial charge on any atom is -0.411 e. The van der Waals surface area contributed by atoms with Crippen molar-refractivity contribution < 1.29 is 5.21 Å². The monoisotopic (exact) mass is 189 g/mol. The Labute approximate surface area is 84.3 Å². The molecule has 1 N–H and O–H groups in total. The Morgan fingerprint density at radius 2 is 1.50 bits per heavy atom. The van der Waals surface area contributed by atoms with E-state index in [4.69, 9.17) is 5.21 Å². The first-order chi connectivity index (χ1) is 6.57. The molecule has 0 saturated carbocycles. The van der Waals surface area contributed by atoms with Crippen molar-refractivity contribution in [1.29, 1.82) is 0 Å². The molecule has 0 bridgehead atoms. The second-order valence-corrected chi connectivity index (χ2v) is 4.08. The van der Waals surface area contributed by atoms with E-state index in [1.165, 1.54) is 33.4 Å². The quantitative estimate of drug-likeness (QED) is 0.494. The maximum atomic E-state index is 8.80. The number of nitrogens with zero attached hydrogens (tertiary/aromatic N) is 1. The largest absolute Gasteiger partial charge is 0.411 e. The molecular weight excluding hydrogens is 174 g/mol. The van der Waals surface area contributed by atoms with Crippen LogP contribution in [-0.4, -0.2) is 10.9 Å². The number of hydrogen-bond acceptors (Lipinski definition) is 2. The Kier molecular flexibility index (Phi) is 1.88. The van der Waals surface area contributed by atoms with Gasteiger partial charge in [0, 0.05) is 12.0 Å². The molecule has 74 valence electrons. The molecule has 0 aliphatic heterocycles. The van der Waals surface area contributed by atoms with Gasteiger partial charge in [0.05, 0.1) is 5.71 Å². The second kappa shape index (κ2) is 2.84. The Morgan fingerprint density at radius 3 is 2.07 bits per heavy atom. The summed E-state index contributed by atoms with van der Waals surface area (Å²) < 4.78 is 0. The summed E-state index contributed by atoms with van der Waals surface area (Å²) in [7, 11) is 0. The molecule has 1 aromatic carbocycles. The van der Waals surface area contributed by atoms with E-state index < -0.39 is 0 Å². The molecule has 0 radical (unpaired) electrons. The lowest BCUT2D eigenvalue weighted by Gasteiger charge is -2.28. The van der Waals surface area contributed by atoms with Gasteiger partial charge in [-0.15, -0.1) is 0 Å². The van der Waals surface area contributed by atoms with Crippen LogP contribution in [0.3, 0.4) is 0 Å². The summed E-state index contributed by atoms with van der Waals surface area (Å²) in [5.41, 5.74) is 8.69. The average Bonchev–Trinajstić information content (AvgIpc) is 2.12. The van der Waals surface area contributed by atoms with Crippen molar-refractivity contribution >= 4 is 5.71 Å². The average molecular weight is 189 g/mol. The van der Waals surface area contributed by atoms with Crippen LogP contribution in [0.15, 0.2) is 5.16 Å². The van der Waals surface area contributed by atoms with Gasteiger partial charge in [-0.1, -0.05) is 5.16 Å². The molecule has 0 atom stereocenters. The Hall–Kier alpha value is -1.31. The fourth-order valence-corrected chi connectivity index (χ4v) is 2.24. The SMILES string of the molecule is Cc1c(C)c(C)c2c(c1C)C/C2=N\O. The smallest absolute Gasteiger partial charge is 0.0917 e. The van der Waals surface area contributed by atoms with Gasteiger partial charge >= 0.3 is 0 Å². The van der Waals surface area contributed by atoms with Gasteiger partial charge in [-0.25, -0.2) is 0 Å². The van der Waals surface area contributed by atoms with E-state index in [9.17, 15) is 0 Å². The second-order valence-electron chi connectivity index (χ2n) is 4.08. The highest BCUT2D eigenvalue weighted by Gasteiger charge is 2.28. The van der Waals surface area contributed by atoms with Gasteiger partial charge in [0.15, 0.2) is 0 Å². The van der Waals surface area contributed by atoms with Gasteiger partial charge < -0.3 is 5.21 Å². The van der Waals surface area contributed by atoms with Crippen molar-refractivity contribution in [2.45, 2.75) is 34.1 Å². The van der Waals surface area contributed by atoms with Crippen molar-refractivity contribution in [2.24, 2.45) is 5.16 Å². The summed E-state index contributed by atoms with van der Waals surface area (Å²) in [6.07, 6.45) is 0.819. The number of hydrogen-bond donors (Lipinski definition) is 1. The van der Waals surface area contributed by atoms with E-state index in [1.807, 2.05) is 0 Å². The maximum Gasteiger partial charge on any atom is 0.0917 e. The fourth-order valence-electron chi connectivity index (χ4n) is 2.24. The summed E-state index contributed by atoms with van der Waals surface area (Å²) in [6, 6.07) is 0. The molecule has 2 nitrogen and oxygen atoms in total. The molecule has 0 fully saturated rings. The highest BCUT2D eigenvalue weighted by Crippen LogP contribution is 2.34. The molecule has 2 rings (SSSR count). The van der Waals surface area contributed by atoms with Gasteiger partial charge in [0.2, 0.25) is 0 Å². The summed E-state index contributed by atoms with van der Waals surface area (Å²) in [5.74, 6) is 0. The van der Waals surface area contributed by atoms with Gasteiger partial charge in [-0.05, 0) is 55.5 Å². The molecule has 2 heteroatoms. The lowest BCUT2D eigenvalue weighted by Crippen LogP contribution is -2.24. The van der Waals surface area contributed by atoms with Gasteiger partial charge in [-0.2, -0.15) is 0 Å². The van der Waals surface area contributed by atoms with Crippen LogP contribution in [0.25, 0.3) is 0 Å². The molecule has 0 saturated heterocycles. The summed E-state index contributed by atoms with van der Waals surface area (Å²) >= 11 is 0. The molecule has 0 amide bonds. The summed E-state index contributed by atoms with van der Waals surface area (Å²) in [4.78, 5) is 0. The third-order valence-corrected chi connectivity index (χ3v) is 3.57. The molecule has 0 unspecified atom stereocenters. The number of fused-ring (bicyclic) bond motifs is 1. The first-order valence-corrected chi connectivity index (χ1v) is 4.88. The van der Waals surface area contributed by atoms with E-state index in [-0.39, 0.29) is 0 Å². The number of rotatable bonds is 0. The molecule has 1 aliphatic carbocycles. The lowest BCUT2D eigenvalue weighted by molar-refractivity contribution is 0.317. The van der Waals surface area contributed by atoms with Crippen molar-refractivity contribution in [3.8, 4) is 0 Å². The topological polar surface area (TPSA) is 32.6 Å². The number of benzene rings is 1. The van der Waals surface area contributed by atoms with E-state index in [2.05, 4.69) is 32.9 Å². The van der Waals surface area contributed by atoms with Crippen LogP contribution < -0.4 is 0 Å². The van der Waals surface area contributed by atoms with Crippen LogP contribution in [0.1, 0.15) is 33.4 Å². The van der Waals surface area contributed by atoms with Crippen LogP contribution in [-0.2, 0) is 6.42 Å². The third kappa shape index (κ3) is 0.939. The zero-order valence-corrected chi connectivity index (χ0v) is 9.10. The molecule has 0 heterocycles. The number of oxime groups is 1. The zero-order valence-electron chi connectivity index (χ0n) is 9.10. The zero-order chi connectivity index (χ0) is 10.5. The normalized spacial score (nSPS) is 16.7. The Balaban J connectivity index is 2.77. The standard InChI is InChI=1S/C12H15NO/c1-6-7(2)9(4)12-10(8(6)3)5-11(12)13-14/h14H,5H2,1-4H3/b13-11+. The predicted molar refractivity (Wildman–Crippen MR) is 57.4 cm³/mol. The molecule has 0 spiro atoms. The van der Waals surface area contributed by atoms with E-state index >= 15 is 0 Å². The molecular formula is C12H15NO. The van der Waals surface area contributed by atoms with Crippen LogP contribution in [0.2, 0.25) is 0 Å².